The van der Waals surface area contributed by atoms with Crippen LogP contribution in [0, 0.1) is 0 Å². The molecular formula is C28H21BrN2O2S. The zero-order valence-electron chi connectivity index (χ0n) is 18.5. The topological polar surface area (TPSA) is 43.6 Å². The number of allylic oxidation sites excluding steroid dienone is 1. The quantitative estimate of drug-likeness (QED) is 0.371. The van der Waals surface area contributed by atoms with E-state index in [-0.39, 0.29) is 11.6 Å². The summed E-state index contributed by atoms with van der Waals surface area (Å²) in [6, 6.07) is 24.2. The zero-order valence-corrected chi connectivity index (χ0v) is 20.9. The van der Waals surface area contributed by atoms with Crippen LogP contribution in [0.5, 0.6) is 5.75 Å². The molecule has 3 aromatic carbocycles. The van der Waals surface area contributed by atoms with Crippen molar-refractivity contribution < 1.29 is 4.74 Å². The predicted molar refractivity (Wildman–Crippen MR) is 140 cm³/mol. The minimum Gasteiger partial charge on any atom is -0.496 e. The van der Waals surface area contributed by atoms with Gasteiger partial charge in [0.05, 0.1) is 23.4 Å². The number of fused-ring (bicyclic) bond motifs is 3. The van der Waals surface area contributed by atoms with Gasteiger partial charge in [-0.25, -0.2) is 4.99 Å². The molecule has 1 atom stereocenters. The summed E-state index contributed by atoms with van der Waals surface area (Å²) in [6.07, 6.45) is 3.74. The monoisotopic (exact) mass is 528 g/mol. The Balaban J connectivity index is 1.64. The van der Waals surface area contributed by atoms with Crippen LogP contribution in [0.1, 0.15) is 34.7 Å². The molecule has 2 heterocycles. The third kappa shape index (κ3) is 3.49. The Labute approximate surface area is 209 Å². The van der Waals surface area contributed by atoms with Gasteiger partial charge in [-0.3, -0.25) is 9.36 Å². The molecule has 0 N–H and O–H groups in total. The van der Waals surface area contributed by atoms with Gasteiger partial charge in [-0.1, -0.05) is 81.9 Å². The average Bonchev–Trinajstić information content (AvgIpc) is 3.18. The Morgan fingerprint density at radius 2 is 1.79 bits per heavy atom. The first kappa shape index (κ1) is 21.3. The van der Waals surface area contributed by atoms with Crippen molar-refractivity contribution in [2.24, 2.45) is 4.99 Å². The van der Waals surface area contributed by atoms with E-state index in [1.54, 1.807) is 7.11 Å². The Morgan fingerprint density at radius 3 is 2.62 bits per heavy atom. The number of hydrogen-bond acceptors (Lipinski definition) is 4. The van der Waals surface area contributed by atoms with Crippen molar-refractivity contribution in [1.29, 1.82) is 0 Å². The van der Waals surface area contributed by atoms with E-state index in [0.717, 1.165) is 50.3 Å². The van der Waals surface area contributed by atoms with Gasteiger partial charge in [0.2, 0.25) is 0 Å². The van der Waals surface area contributed by atoms with Gasteiger partial charge in [0, 0.05) is 15.6 Å². The van der Waals surface area contributed by atoms with Gasteiger partial charge in [0.25, 0.3) is 5.56 Å². The average molecular weight is 529 g/mol. The van der Waals surface area contributed by atoms with Crippen molar-refractivity contribution in [1.82, 2.24) is 4.57 Å². The summed E-state index contributed by atoms with van der Waals surface area (Å²) in [6.45, 7) is 0. The number of aromatic nitrogens is 1. The molecule has 4 aromatic rings. The van der Waals surface area contributed by atoms with Crippen LogP contribution in [0.4, 0.5) is 0 Å². The lowest BCUT2D eigenvalue weighted by Gasteiger charge is -2.31. The number of para-hydroxylation sites is 1. The van der Waals surface area contributed by atoms with Gasteiger partial charge in [0.1, 0.15) is 5.75 Å². The minimum absolute atomic E-state index is 0.0204. The van der Waals surface area contributed by atoms with Gasteiger partial charge >= 0.3 is 0 Å². The standard InChI is InChI=1S/C28H21BrN2O2S/c1-33-23-9-5-4-8-21(23)26-22-15-12-18-6-2-3-7-20(18)25(22)30-28-31(26)27(32)24(34-28)16-17-10-13-19(29)14-11-17/h2-11,13-14,16,26H,12,15H2,1H3. The van der Waals surface area contributed by atoms with Crippen LogP contribution in [0.25, 0.3) is 11.8 Å². The number of rotatable bonds is 3. The van der Waals surface area contributed by atoms with E-state index >= 15 is 0 Å². The van der Waals surface area contributed by atoms with E-state index in [1.807, 2.05) is 53.1 Å². The lowest BCUT2D eigenvalue weighted by molar-refractivity contribution is 0.402. The van der Waals surface area contributed by atoms with Crippen molar-refractivity contribution >= 4 is 39.0 Å². The molecule has 1 unspecified atom stereocenters. The van der Waals surface area contributed by atoms with E-state index in [2.05, 4.69) is 46.3 Å². The molecule has 1 aliphatic heterocycles. The first-order chi connectivity index (χ1) is 16.6. The smallest absolute Gasteiger partial charge is 0.271 e. The fraction of sp³-hybridized carbons (Fsp3) is 0.143. The van der Waals surface area contributed by atoms with Crippen molar-refractivity contribution in [3.8, 4) is 5.75 Å². The summed E-state index contributed by atoms with van der Waals surface area (Å²) in [5.74, 6) is 0.780. The van der Waals surface area contributed by atoms with Crippen LogP contribution in [-0.4, -0.2) is 11.7 Å². The maximum atomic E-state index is 13.8. The number of ether oxygens (including phenoxy) is 1. The van der Waals surface area contributed by atoms with Crippen LogP contribution in [0.2, 0.25) is 0 Å². The highest BCUT2D eigenvalue weighted by Gasteiger charge is 2.33. The normalized spacial score (nSPS) is 17.0. The first-order valence-corrected chi connectivity index (χ1v) is 12.8. The van der Waals surface area contributed by atoms with Crippen LogP contribution in [0.15, 0.2) is 92.6 Å². The molecule has 2 aliphatic rings. The molecule has 0 radical (unpaired) electrons. The second kappa shape index (κ2) is 8.53. The van der Waals surface area contributed by atoms with Crippen LogP contribution in [0.3, 0.4) is 0 Å². The van der Waals surface area contributed by atoms with Crippen molar-refractivity contribution in [3.05, 3.63) is 125 Å². The van der Waals surface area contributed by atoms with E-state index in [1.165, 1.54) is 22.5 Å². The highest BCUT2D eigenvalue weighted by Crippen LogP contribution is 2.43. The number of thiazole rings is 1. The molecule has 6 heteroatoms. The third-order valence-electron chi connectivity index (χ3n) is 6.47. The lowest BCUT2D eigenvalue weighted by Crippen LogP contribution is -2.38. The van der Waals surface area contributed by atoms with E-state index in [0.29, 0.717) is 4.53 Å². The molecule has 0 saturated heterocycles. The summed E-state index contributed by atoms with van der Waals surface area (Å²) >= 11 is 4.92. The van der Waals surface area contributed by atoms with E-state index < -0.39 is 0 Å². The van der Waals surface area contributed by atoms with Crippen LogP contribution >= 0.6 is 27.3 Å². The van der Waals surface area contributed by atoms with Gasteiger partial charge < -0.3 is 4.74 Å². The lowest BCUT2D eigenvalue weighted by atomic mass is 9.83. The number of benzene rings is 3. The summed E-state index contributed by atoms with van der Waals surface area (Å²) in [7, 11) is 1.68. The summed E-state index contributed by atoms with van der Waals surface area (Å²) in [5, 5.41) is 0. The molecule has 0 bridgehead atoms. The molecule has 168 valence electrons. The highest BCUT2D eigenvalue weighted by molar-refractivity contribution is 9.10. The van der Waals surface area contributed by atoms with Gasteiger partial charge in [-0.15, -0.1) is 0 Å². The molecule has 0 spiro atoms. The summed E-state index contributed by atoms with van der Waals surface area (Å²) in [5.41, 5.74) is 6.58. The zero-order chi connectivity index (χ0) is 23.2. The van der Waals surface area contributed by atoms with Gasteiger partial charge in [-0.2, -0.15) is 0 Å². The maximum Gasteiger partial charge on any atom is 0.271 e. The molecule has 6 rings (SSSR count). The number of nitrogens with zero attached hydrogens (tertiary/aromatic N) is 2. The highest BCUT2D eigenvalue weighted by atomic mass is 79.9. The second-order valence-corrected chi connectivity index (χ2v) is 10.3. The number of hydrogen-bond donors (Lipinski definition) is 0. The Kier molecular flexibility index (Phi) is 5.35. The summed E-state index contributed by atoms with van der Waals surface area (Å²) in [4.78, 5) is 19.6. The Hall–Kier alpha value is -3.22. The maximum absolute atomic E-state index is 13.8. The third-order valence-corrected chi connectivity index (χ3v) is 7.99. The summed E-state index contributed by atoms with van der Waals surface area (Å²) < 4.78 is 9.28. The first-order valence-electron chi connectivity index (χ1n) is 11.2. The molecular weight excluding hydrogens is 508 g/mol. The van der Waals surface area contributed by atoms with Gasteiger partial charge in [-0.05, 0) is 53.8 Å². The minimum atomic E-state index is -0.247. The Bertz CT molecular complexity index is 1630. The SMILES string of the molecule is COc1ccccc1C1C2=C(N=c3sc(=Cc4ccc(Br)cc4)c(=O)n31)c1ccccc1CC2. The van der Waals surface area contributed by atoms with Crippen molar-refractivity contribution in [2.45, 2.75) is 18.9 Å². The molecule has 1 aromatic heterocycles. The number of methoxy groups -OCH3 is 1. The predicted octanol–water partition coefficient (Wildman–Crippen LogP) is 5.09. The van der Waals surface area contributed by atoms with Crippen molar-refractivity contribution in [2.75, 3.05) is 7.11 Å². The van der Waals surface area contributed by atoms with Crippen LogP contribution < -0.4 is 19.6 Å². The Morgan fingerprint density at radius 1 is 1.03 bits per heavy atom. The molecule has 1 aliphatic carbocycles. The molecule has 0 saturated carbocycles. The molecule has 0 fully saturated rings. The number of aryl methyl sites for hydroxylation is 1. The molecule has 4 nitrogen and oxygen atoms in total. The van der Waals surface area contributed by atoms with Crippen LogP contribution in [-0.2, 0) is 6.42 Å². The van der Waals surface area contributed by atoms with Gasteiger partial charge in [0.15, 0.2) is 4.80 Å². The molecule has 0 amide bonds. The fourth-order valence-corrected chi connectivity index (χ4v) is 6.17. The molecule has 34 heavy (non-hydrogen) atoms. The fourth-order valence-electron chi connectivity index (χ4n) is 4.90. The van der Waals surface area contributed by atoms with Crippen molar-refractivity contribution in [3.63, 3.8) is 0 Å². The largest absolute Gasteiger partial charge is 0.496 e. The van der Waals surface area contributed by atoms with E-state index in [4.69, 9.17) is 9.73 Å². The second-order valence-electron chi connectivity index (χ2n) is 8.41. The number of halogens is 1. The van der Waals surface area contributed by atoms with E-state index in [9.17, 15) is 4.79 Å².